The highest BCUT2D eigenvalue weighted by atomic mass is 35.5. The first-order chi connectivity index (χ1) is 12.5. The highest BCUT2D eigenvalue weighted by Crippen LogP contribution is 2.24. The number of aromatic nitrogens is 1. The van der Waals surface area contributed by atoms with Gasteiger partial charge in [-0.05, 0) is 24.6 Å². The molecule has 0 unspecified atom stereocenters. The molecule has 0 aliphatic heterocycles. The van der Waals surface area contributed by atoms with Crippen molar-refractivity contribution in [2.45, 2.75) is 13.3 Å². The van der Waals surface area contributed by atoms with Crippen LogP contribution in [0.15, 0.2) is 59.1 Å². The average molecular weight is 370 g/mol. The van der Waals surface area contributed by atoms with Crippen LogP contribution in [0.2, 0.25) is 5.02 Å². The monoisotopic (exact) mass is 369 g/mol. The van der Waals surface area contributed by atoms with Gasteiger partial charge in [0, 0.05) is 10.6 Å². The maximum absolute atomic E-state index is 12.5. The fourth-order valence-corrected chi connectivity index (χ4v) is 2.58. The standard InChI is InChI=1S/C19H16ClN3O3/c1-12-17(18(23-26-12)14-5-3-2-4-6-14)19(25)22-21-16(24)11-13-7-9-15(20)10-8-13/h2-10H,11H2,1H3,(H,21,24)(H,22,25). The van der Waals surface area contributed by atoms with E-state index in [1.54, 1.807) is 31.2 Å². The fourth-order valence-electron chi connectivity index (χ4n) is 2.45. The first kappa shape index (κ1) is 17.7. The van der Waals surface area contributed by atoms with E-state index >= 15 is 0 Å². The smallest absolute Gasteiger partial charge is 0.275 e. The largest absolute Gasteiger partial charge is 0.360 e. The van der Waals surface area contributed by atoms with Crippen LogP contribution < -0.4 is 10.9 Å². The minimum atomic E-state index is -0.493. The molecule has 0 atom stereocenters. The summed E-state index contributed by atoms with van der Waals surface area (Å²) in [4.78, 5) is 24.5. The SMILES string of the molecule is Cc1onc(-c2ccccc2)c1C(=O)NNC(=O)Cc1ccc(Cl)cc1. The van der Waals surface area contributed by atoms with Crippen LogP contribution in [0.3, 0.4) is 0 Å². The van der Waals surface area contributed by atoms with E-state index in [0.29, 0.717) is 16.5 Å². The maximum Gasteiger partial charge on any atom is 0.275 e. The van der Waals surface area contributed by atoms with Gasteiger partial charge in [0.2, 0.25) is 5.91 Å². The van der Waals surface area contributed by atoms with Crippen LogP contribution >= 0.6 is 11.6 Å². The number of hydrogen-bond donors (Lipinski definition) is 2. The van der Waals surface area contributed by atoms with Crippen molar-refractivity contribution in [1.82, 2.24) is 16.0 Å². The quantitative estimate of drug-likeness (QED) is 0.691. The van der Waals surface area contributed by atoms with E-state index < -0.39 is 5.91 Å². The molecule has 0 aliphatic carbocycles. The second kappa shape index (κ2) is 7.84. The maximum atomic E-state index is 12.5. The number of hydrogen-bond acceptors (Lipinski definition) is 4. The number of rotatable bonds is 4. The number of hydrazine groups is 1. The number of amides is 2. The molecule has 3 rings (SSSR count). The lowest BCUT2D eigenvalue weighted by Crippen LogP contribution is -2.42. The Bertz CT molecular complexity index is 921. The number of halogens is 1. The summed E-state index contributed by atoms with van der Waals surface area (Å²) >= 11 is 5.82. The van der Waals surface area contributed by atoms with Crippen molar-refractivity contribution in [3.63, 3.8) is 0 Å². The molecule has 6 nitrogen and oxygen atoms in total. The molecular formula is C19H16ClN3O3. The van der Waals surface area contributed by atoms with Gasteiger partial charge in [-0.3, -0.25) is 20.4 Å². The van der Waals surface area contributed by atoms with Crippen LogP contribution in [0.25, 0.3) is 11.3 Å². The van der Waals surface area contributed by atoms with Crippen molar-refractivity contribution >= 4 is 23.4 Å². The summed E-state index contributed by atoms with van der Waals surface area (Å²) < 4.78 is 5.15. The first-order valence-corrected chi connectivity index (χ1v) is 8.27. The van der Waals surface area contributed by atoms with Gasteiger partial charge in [0.25, 0.3) is 5.91 Å². The molecule has 132 valence electrons. The molecule has 2 aromatic carbocycles. The van der Waals surface area contributed by atoms with Gasteiger partial charge < -0.3 is 4.52 Å². The summed E-state index contributed by atoms with van der Waals surface area (Å²) in [6.07, 6.45) is 0.117. The van der Waals surface area contributed by atoms with Crippen molar-refractivity contribution in [1.29, 1.82) is 0 Å². The molecule has 0 aliphatic rings. The van der Waals surface area contributed by atoms with Crippen molar-refractivity contribution in [2.24, 2.45) is 0 Å². The van der Waals surface area contributed by atoms with E-state index in [1.165, 1.54) is 0 Å². The third-order valence-corrected chi connectivity index (χ3v) is 3.98. The Labute approximate surface area is 155 Å². The van der Waals surface area contributed by atoms with Gasteiger partial charge in [0.05, 0.1) is 6.42 Å². The minimum absolute atomic E-state index is 0.117. The van der Waals surface area contributed by atoms with Gasteiger partial charge in [-0.15, -0.1) is 0 Å². The van der Waals surface area contributed by atoms with E-state index in [2.05, 4.69) is 16.0 Å². The summed E-state index contributed by atoms with van der Waals surface area (Å²) in [5, 5.41) is 4.55. The number of carbonyl (C=O) groups excluding carboxylic acids is 2. The van der Waals surface area contributed by atoms with E-state index in [1.807, 2.05) is 30.3 Å². The normalized spacial score (nSPS) is 10.4. The van der Waals surface area contributed by atoms with E-state index in [0.717, 1.165) is 11.1 Å². The fraction of sp³-hybridized carbons (Fsp3) is 0.105. The summed E-state index contributed by atoms with van der Waals surface area (Å²) in [6, 6.07) is 16.1. The molecule has 0 fully saturated rings. The molecule has 26 heavy (non-hydrogen) atoms. The van der Waals surface area contributed by atoms with Crippen molar-refractivity contribution in [3.05, 3.63) is 76.5 Å². The number of aryl methyl sites for hydroxylation is 1. The van der Waals surface area contributed by atoms with Gasteiger partial charge in [-0.25, -0.2) is 0 Å². The van der Waals surface area contributed by atoms with Crippen LogP contribution in [0, 0.1) is 6.92 Å². The predicted molar refractivity (Wildman–Crippen MR) is 97.4 cm³/mol. The molecule has 0 saturated carbocycles. The zero-order valence-corrected chi connectivity index (χ0v) is 14.7. The number of carbonyl (C=O) groups is 2. The van der Waals surface area contributed by atoms with Gasteiger partial charge >= 0.3 is 0 Å². The lowest BCUT2D eigenvalue weighted by molar-refractivity contribution is -0.121. The molecule has 0 radical (unpaired) electrons. The molecule has 2 N–H and O–H groups in total. The van der Waals surface area contributed by atoms with Gasteiger partial charge in [-0.2, -0.15) is 0 Å². The summed E-state index contributed by atoms with van der Waals surface area (Å²) in [6.45, 7) is 1.64. The first-order valence-electron chi connectivity index (χ1n) is 7.90. The number of nitrogens with one attached hydrogen (secondary N) is 2. The Balaban J connectivity index is 1.66. The molecular weight excluding hydrogens is 354 g/mol. The second-order valence-electron chi connectivity index (χ2n) is 5.63. The number of benzene rings is 2. The van der Waals surface area contributed by atoms with E-state index in [4.69, 9.17) is 16.1 Å². The van der Waals surface area contributed by atoms with Crippen LogP contribution in [0.5, 0.6) is 0 Å². The summed E-state index contributed by atoms with van der Waals surface area (Å²) in [7, 11) is 0. The number of nitrogens with zero attached hydrogens (tertiary/aromatic N) is 1. The van der Waals surface area contributed by atoms with Crippen LogP contribution in [0.4, 0.5) is 0 Å². The van der Waals surface area contributed by atoms with Crippen LogP contribution in [-0.2, 0) is 11.2 Å². The van der Waals surface area contributed by atoms with Gasteiger partial charge in [-0.1, -0.05) is 59.2 Å². The third-order valence-electron chi connectivity index (χ3n) is 3.73. The van der Waals surface area contributed by atoms with Gasteiger partial charge in [0.1, 0.15) is 17.0 Å². The Hall–Kier alpha value is -3.12. The van der Waals surface area contributed by atoms with Crippen molar-refractivity contribution in [2.75, 3.05) is 0 Å². The highest BCUT2D eigenvalue weighted by Gasteiger charge is 2.21. The molecule has 2 amide bonds. The predicted octanol–water partition coefficient (Wildman–Crippen LogP) is 3.31. The zero-order chi connectivity index (χ0) is 18.5. The summed E-state index contributed by atoms with van der Waals surface area (Å²) in [5.41, 5.74) is 7.04. The lowest BCUT2D eigenvalue weighted by Gasteiger charge is -2.08. The Morgan fingerprint density at radius 2 is 1.73 bits per heavy atom. The molecule has 1 aromatic heterocycles. The minimum Gasteiger partial charge on any atom is -0.360 e. The zero-order valence-electron chi connectivity index (χ0n) is 14.0. The van der Waals surface area contributed by atoms with E-state index in [9.17, 15) is 9.59 Å². The Morgan fingerprint density at radius 1 is 1.04 bits per heavy atom. The van der Waals surface area contributed by atoms with Crippen molar-refractivity contribution in [3.8, 4) is 11.3 Å². The lowest BCUT2D eigenvalue weighted by atomic mass is 10.1. The topological polar surface area (TPSA) is 84.2 Å². The molecule has 1 heterocycles. The third kappa shape index (κ3) is 4.10. The van der Waals surface area contributed by atoms with Crippen LogP contribution in [0.1, 0.15) is 21.7 Å². The second-order valence-corrected chi connectivity index (χ2v) is 6.07. The molecule has 0 bridgehead atoms. The molecule has 7 heteroatoms. The van der Waals surface area contributed by atoms with E-state index in [-0.39, 0.29) is 17.9 Å². The Morgan fingerprint density at radius 3 is 2.42 bits per heavy atom. The average Bonchev–Trinajstić information content (AvgIpc) is 3.04. The Kier molecular flexibility index (Phi) is 5.34. The van der Waals surface area contributed by atoms with Crippen molar-refractivity contribution < 1.29 is 14.1 Å². The molecule has 3 aromatic rings. The molecule has 0 saturated heterocycles. The molecule has 0 spiro atoms. The van der Waals surface area contributed by atoms with Crippen LogP contribution in [-0.4, -0.2) is 17.0 Å². The summed E-state index contributed by atoms with van der Waals surface area (Å²) in [5.74, 6) is -0.476. The highest BCUT2D eigenvalue weighted by molar-refractivity contribution is 6.30. The van der Waals surface area contributed by atoms with Gasteiger partial charge in [0.15, 0.2) is 0 Å².